The number of methoxy groups -OCH3 is 1. The molecule has 0 atom stereocenters. The minimum Gasteiger partial charge on any atom is -0.466 e. The Kier molecular flexibility index (Phi) is 8.17. The van der Waals surface area contributed by atoms with Gasteiger partial charge in [-0.1, -0.05) is 17.7 Å². The second-order valence-corrected chi connectivity index (χ2v) is 3.36. The van der Waals surface area contributed by atoms with E-state index in [1.54, 1.807) is 12.2 Å². The van der Waals surface area contributed by atoms with Crippen LogP contribution in [0.1, 0.15) is 19.8 Å². The highest BCUT2D eigenvalue weighted by Crippen LogP contribution is 2.14. The van der Waals surface area contributed by atoms with Crippen molar-refractivity contribution in [2.75, 3.05) is 20.3 Å². The first-order valence-corrected chi connectivity index (χ1v) is 5.23. The Morgan fingerprint density at radius 1 is 1.31 bits per heavy atom. The normalized spacial score (nSPS) is 11.6. The molecule has 3 nitrogen and oxygen atoms in total. The number of ether oxygens (including phenoxy) is 2. The van der Waals surface area contributed by atoms with Crippen LogP contribution in [0.4, 0.5) is 0 Å². The zero-order valence-corrected chi connectivity index (χ0v) is 10.1. The molecule has 0 aromatic rings. The third-order valence-corrected chi connectivity index (χ3v) is 2.15. The van der Waals surface area contributed by atoms with E-state index in [-0.39, 0.29) is 5.97 Å². The fraction of sp³-hybridized carbons (Fsp3) is 0.462. The van der Waals surface area contributed by atoms with E-state index in [0.717, 1.165) is 5.57 Å². The quantitative estimate of drug-likeness (QED) is 0.275. The number of carbonyl (C=O) groups is 1. The molecule has 0 aliphatic heterocycles. The molecular formula is C13H20O3. The SMILES string of the molecule is C=CCOCCC(C)=C(CC=C)C(=O)OC. The van der Waals surface area contributed by atoms with E-state index in [4.69, 9.17) is 9.47 Å². The van der Waals surface area contributed by atoms with Gasteiger partial charge in [-0.3, -0.25) is 0 Å². The molecule has 0 N–H and O–H groups in total. The summed E-state index contributed by atoms with van der Waals surface area (Å²) in [6, 6.07) is 0. The van der Waals surface area contributed by atoms with E-state index in [1.165, 1.54) is 7.11 Å². The first-order valence-electron chi connectivity index (χ1n) is 5.23. The number of rotatable bonds is 8. The van der Waals surface area contributed by atoms with E-state index >= 15 is 0 Å². The summed E-state index contributed by atoms with van der Waals surface area (Å²) in [6.45, 7) is 10.2. The molecule has 90 valence electrons. The molecule has 0 fully saturated rings. The Morgan fingerprint density at radius 3 is 2.50 bits per heavy atom. The van der Waals surface area contributed by atoms with Gasteiger partial charge in [-0.25, -0.2) is 4.79 Å². The highest BCUT2D eigenvalue weighted by molar-refractivity contribution is 5.89. The Morgan fingerprint density at radius 2 is 2.00 bits per heavy atom. The summed E-state index contributed by atoms with van der Waals surface area (Å²) in [6.07, 6.45) is 4.64. The Balaban J connectivity index is 4.38. The highest BCUT2D eigenvalue weighted by atomic mass is 16.5. The summed E-state index contributed by atoms with van der Waals surface area (Å²) < 4.78 is 9.98. The molecule has 0 bridgehead atoms. The molecular weight excluding hydrogens is 204 g/mol. The van der Waals surface area contributed by atoms with Gasteiger partial charge in [0.25, 0.3) is 0 Å². The molecule has 0 spiro atoms. The summed E-state index contributed by atoms with van der Waals surface area (Å²) in [7, 11) is 1.38. The molecule has 0 amide bonds. The smallest absolute Gasteiger partial charge is 0.333 e. The summed E-state index contributed by atoms with van der Waals surface area (Å²) in [4.78, 5) is 11.4. The van der Waals surface area contributed by atoms with Crippen LogP contribution in [-0.4, -0.2) is 26.3 Å². The van der Waals surface area contributed by atoms with Crippen molar-refractivity contribution in [1.82, 2.24) is 0 Å². The van der Waals surface area contributed by atoms with Crippen molar-refractivity contribution in [2.24, 2.45) is 0 Å². The van der Waals surface area contributed by atoms with E-state index in [2.05, 4.69) is 13.2 Å². The number of carbonyl (C=O) groups excluding carboxylic acids is 1. The van der Waals surface area contributed by atoms with Crippen molar-refractivity contribution in [3.63, 3.8) is 0 Å². The molecule has 0 aliphatic carbocycles. The van der Waals surface area contributed by atoms with Crippen molar-refractivity contribution < 1.29 is 14.3 Å². The van der Waals surface area contributed by atoms with Gasteiger partial charge in [0.15, 0.2) is 0 Å². The maximum absolute atomic E-state index is 11.4. The molecule has 0 radical (unpaired) electrons. The maximum atomic E-state index is 11.4. The first-order chi connectivity index (χ1) is 7.67. The van der Waals surface area contributed by atoms with Crippen LogP contribution in [0.15, 0.2) is 36.5 Å². The molecule has 0 aliphatic rings. The molecule has 0 aromatic heterocycles. The number of hydrogen-bond acceptors (Lipinski definition) is 3. The third kappa shape index (κ3) is 5.51. The summed E-state index contributed by atoms with van der Waals surface area (Å²) >= 11 is 0. The lowest BCUT2D eigenvalue weighted by molar-refractivity contribution is -0.136. The monoisotopic (exact) mass is 224 g/mol. The van der Waals surface area contributed by atoms with E-state index in [0.29, 0.717) is 31.6 Å². The van der Waals surface area contributed by atoms with Crippen LogP contribution in [0, 0.1) is 0 Å². The lowest BCUT2D eigenvalue weighted by atomic mass is 10.0. The highest BCUT2D eigenvalue weighted by Gasteiger charge is 2.11. The number of allylic oxidation sites excluding steroid dienone is 1. The summed E-state index contributed by atoms with van der Waals surface area (Å²) in [5, 5.41) is 0. The van der Waals surface area contributed by atoms with Crippen molar-refractivity contribution in [3.8, 4) is 0 Å². The van der Waals surface area contributed by atoms with Gasteiger partial charge in [-0.15, -0.1) is 13.2 Å². The fourth-order valence-electron chi connectivity index (χ4n) is 1.24. The van der Waals surface area contributed by atoms with Gasteiger partial charge in [-0.2, -0.15) is 0 Å². The lowest BCUT2D eigenvalue weighted by Gasteiger charge is -2.08. The van der Waals surface area contributed by atoms with Crippen molar-refractivity contribution in [1.29, 1.82) is 0 Å². The lowest BCUT2D eigenvalue weighted by Crippen LogP contribution is -2.08. The largest absolute Gasteiger partial charge is 0.466 e. The molecule has 0 rings (SSSR count). The van der Waals surface area contributed by atoms with Gasteiger partial charge < -0.3 is 9.47 Å². The molecule has 0 unspecified atom stereocenters. The standard InChI is InChI=1S/C13H20O3/c1-5-7-12(13(14)15-4)11(3)8-10-16-9-6-2/h5-6H,1-2,7-10H2,3-4H3. The van der Waals surface area contributed by atoms with Crippen LogP contribution in [0.3, 0.4) is 0 Å². The average Bonchev–Trinajstić information content (AvgIpc) is 2.30. The average molecular weight is 224 g/mol. The van der Waals surface area contributed by atoms with Gasteiger partial charge in [0.2, 0.25) is 0 Å². The van der Waals surface area contributed by atoms with E-state index < -0.39 is 0 Å². The Labute approximate surface area is 97.4 Å². The number of esters is 1. The third-order valence-electron chi connectivity index (χ3n) is 2.15. The predicted octanol–water partition coefficient (Wildman–Crippen LogP) is 2.64. The van der Waals surface area contributed by atoms with Crippen LogP contribution in [0.2, 0.25) is 0 Å². The van der Waals surface area contributed by atoms with Crippen molar-refractivity contribution in [3.05, 3.63) is 36.5 Å². The zero-order valence-electron chi connectivity index (χ0n) is 10.1. The van der Waals surface area contributed by atoms with Gasteiger partial charge in [0.05, 0.1) is 20.3 Å². The Hall–Kier alpha value is -1.35. The first kappa shape index (κ1) is 14.6. The van der Waals surface area contributed by atoms with E-state index in [1.807, 2.05) is 6.92 Å². The maximum Gasteiger partial charge on any atom is 0.333 e. The Bertz CT molecular complexity index is 277. The topological polar surface area (TPSA) is 35.5 Å². The minimum atomic E-state index is -0.291. The van der Waals surface area contributed by atoms with Crippen LogP contribution < -0.4 is 0 Å². The molecule has 3 heteroatoms. The number of hydrogen-bond donors (Lipinski definition) is 0. The summed E-state index contributed by atoms with van der Waals surface area (Å²) in [5.41, 5.74) is 1.65. The molecule has 0 heterocycles. The zero-order chi connectivity index (χ0) is 12.4. The summed E-state index contributed by atoms with van der Waals surface area (Å²) in [5.74, 6) is -0.291. The second kappa shape index (κ2) is 8.92. The molecule has 0 aromatic carbocycles. The van der Waals surface area contributed by atoms with Gasteiger partial charge >= 0.3 is 5.97 Å². The van der Waals surface area contributed by atoms with Gasteiger partial charge in [0.1, 0.15) is 0 Å². The fourth-order valence-corrected chi connectivity index (χ4v) is 1.24. The van der Waals surface area contributed by atoms with Crippen LogP contribution in [-0.2, 0) is 14.3 Å². The van der Waals surface area contributed by atoms with Gasteiger partial charge in [-0.05, 0) is 19.8 Å². The predicted molar refractivity (Wildman–Crippen MR) is 65.2 cm³/mol. The van der Waals surface area contributed by atoms with Gasteiger partial charge in [0, 0.05) is 5.57 Å². The van der Waals surface area contributed by atoms with Crippen molar-refractivity contribution in [2.45, 2.75) is 19.8 Å². The minimum absolute atomic E-state index is 0.291. The molecule has 16 heavy (non-hydrogen) atoms. The van der Waals surface area contributed by atoms with Crippen molar-refractivity contribution >= 4 is 5.97 Å². The van der Waals surface area contributed by atoms with Crippen LogP contribution >= 0.6 is 0 Å². The van der Waals surface area contributed by atoms with Crippen LogP contribution in [0.5, 0.6) is 0 Å². The molecule has 0 saturated carbocycles. The van der Waals surface area contributed by atoms with Crippen LogP contribution in [0.25, 0.3) is 0 Å². The second-order valence-electron chi connectivity index (χ2n) is 3.36. The molecule has 0 saturated heterocycles. The van der Waals surface area contributed by atoms with E-state index in [9.17, 15) is 4.79 Å².